The van der Waals surface area contributed by atoms with Crippen LogP contribution in [0.2, 0.25) is 0 Å². The van der Waals surface area contributed by atoms with Crippen molar-refractivity contribution >= 4 is 17.5 Å². The average Bonchev–Trinajstić information content (AvgIpc) is 2.32. The van der Waals surface area contributed by atoms with Crippen molar-refractivity contribution in [2.75, 3.05) is 25.9 Å². The summed E-state index contributed by atoms with van der Waals surface area (Å²) < 4.78 is 0. The Morgan fingerprint density at radius 2 is 2.06 bits per heavy atom. The van der Waals surface area contributed by atoms with Crippen LogP contribution in [0.15, 0.2) is 18.2 Å². The van der Waals surface area contributed by atoms with Crippen molar-refractivity contribution < 1.29 is 9.59 Å². The molecule has 0 bridgehead atoms. The van der Waals surface area contributed by atoms with Crippen LogP contribution in [0, 0.1) is 6.92 Å². The Kier molecular flexibility index (Phi) is 4.71. The predicted octanol–water partition coefficient (Wildman–Crippen LogP) is 0.785. The summed E-state index contributed by atoms with van der Waals surface area (Å²) in [5.41, 5.74) is 7.74. The van der Waals surface area contributed by atoms with Crippen LogP contribution in [-0.4, -0.2) is 36.9 Å². The standard InChI is InChI=1S/C13H19N3O2/c1-4-15-12(17)8-16(3)13(18)10-5-6-11(14)9(2)7-10/h5-7H,4,8,14H2,1-3H3,(H,15,17). The van der Waals surface area contributed by atoms with Crippen LogP contribution < -0.4 is 11.1 Å². The lowest BCUT2D eigenvalue weighted by Gasteiger charge is -2.17. The number of carbonyl (C=O) groups is 2. The third-order valence-electron chi connectivity index (χ3n) is 2.62. The van der Waals surface area contributed by atoms with E-state index in [1.54, 1.807) is 25.2 Å². The quantitative estimate of drug-likeness (QED) is 0.774. The second-order valence-corrected chi connectivity index (χ2v) is 4.19. The zero-order valence-electron chi connectivity index (χ0n) is 11.0. The molecule has 5 heteroatoms. The maximum absolute atomic E-state index is 12.1. The van der Waals surface area contributed by atoms with Gasteiger partial charge < -0.3 is 16.0 Å². The minimum Gasteiger partial charge on any atom is -0.399 e. The van der Waals surface area contributed by atoms with Crippen LogP contribution in [-0.2, 0) is 4.79 Å². The third-order valence-corrected chi connectivity index (χ3v) is 2.62. The molecule has 0 saturated heterocycles. The average molecular weight is 249 g/mol. The van der Waals surface area contributed by atoms with E-state index in [9.17, 15) is 9.59 Å². The second-order valence-electron chi connectivity index (χ2n) is 4.19. The Morgan fingerprint density at radius 1 is 1.39 bits per heavy atom. The molecule has 3 N–H and O–H groups in total. The van der Waals surface area contributed by atoms with E-state index < -0.39 is 0 Å². The summed E-state index contributed by atoms with van der Waals surface area (Å²) in [7, 11) is 1.60. The largest absolute Gasteiger partial charge is 0.399 e. The first kappa shape index (κ1) is 14.0. The summed E-state index contributed by atoms with van der Waals surface area (Å²) in [4.78, 5) is 24.8. The number of hydrogen-bond donors (Lipinski definition) is 2. The molecular weight excluding hydrogens is 230 g/mol. The molecule has 5 nitrogen and oxygen atoms in total. The van der Waals surface area contributed by atoms with Crippen molar-refractivity contribution in [1.82, 2.24) is 10.2 Å². The molecule has 0 aliphatic carbocycles. The lowest BCUT2D eigenvalue weighted by Crippen LogP contribution is -2.38. The number of carbonyl (C=O) groups excluding carboxylic acids is 2. The zero-order valence-corrected chi connectivity index (χ0v) is 11.0. The van der Waals surface area contributed by atoms with Crippen molar-refractivity contribution in [3.8, 4) is 0 Å². The fourth-order valence-electron chi connectivity index (χ4n) is 1.57. The van der Waals surface area contributed by atoms with Crippen LogP contribution in [0.5, 0.6) is 0 Å². The Labute approximate surface area is 107 Å². The first-order valence-corrected chi connectivity index (χ1v) is 5.84. The van der Waals surface area contributed by atoms with Gasteiger partial charge in [-0.05, 0) is 37.6 Å². The van der Waals surface area contributed by atoms with Crippen molar-refractivity contribution in [2.24, 2.45) is 0 Å². The molecule has 1 rings (SSSR count). The highest BCUT2D eigenvalue weighted by molar-refractivity contribution is 5.96. The molecule has 2 amide bonds. The monoisotopic (exact) mass is 249 g/mol. The summed E-state index contributed by atoms with van der Waals surface area (Å²) in [6, 6.07) is 5.09. The third kappa shape index (κ3) is 3.48. The van der Waals surface area contributed by atoms with Crippen molar-refractivity contribution in [1.29, 1.82) is 0 Å². The molecule has 0 unspecified atom stereocenters. The number of amides is 2. The van der Waals surface area contributed by atoms with Gasteiger partial charge in [0.2, 0.25) is 5.91 Å². The fourth-order valence-corrected chi connectivity index (χ4v) is 1.57. The number of nitrogens with two attached hydrogens (primary N) is 1. The van der Waals surface area contributed by atoms with Gasteiger partial charge >= 0.3 is 0 Å². The summed E-state index contributed by atoms with van der Waals surface area (Å²) >= 11 is 0. The molecule has 0 spiro atoms. The van der Waals surface area contributed by atoms with Crippen LogP contribution in [0.1, 0.15) is 22.8 Å². The van der Waals surface area contributed by atoms with Gasteiger partial charge in [0, 0.05) is 24.8 Å². The predicted molar refractivity (Wildman–Crippen MR) is 71.2 cm³/mol. The van der Waals surface area contributed by atoms with E-state index in [2.05, 4.69) is 5.32 Å². The van der Waals surface area contributed by atoms with Gasteiger partial charge in [-0.25, -0.2) is 0 Å². The molecule has 98 valence electrons. The topological polar surface area (TPSA) is 75.4 Å². The van der Waals surface area contributed by atoms with Crippen LogP contribution in [0.25, 0.3) is 0 Å². The minimum absolute atomic E-state index is 0.0517. The maximum atomic E-state index is 12.1. The Bertz CT molecular complexity index is 458. The summed E-state index contributed by atoms with van der Waals surface area (Å²) in [6.07, 6.45) is 0. The van der Waals surface area contributed by atoms with Gasteiger partial charge in [0.1, 0.15) is 0 Å². The molecule has 0 fully saturated rings. The highest BCUT2D eigenvalue weighted by atomic mass is 16.2. The maximum Gasteiger partial charge on any atom is 0.254 e. The van der Waals surface area contributed by atoms with Gasteiger partial charge in [0.25, 0.3) is 5.91 Å². The molecule has 0 aliphatic heterocycles. The SMILES string of the molecule is CCNC(=O)CN(C)C(=O)c1ccc(N)c(C)c1. The van der Waals surface area contributed by atoms with Crippen LogP contribution >= 0.6 is 0 Å². The second kappa shape index (κ2) is 6.05. The van der Waals surface area contributed by atoms with Gasteiger partial charge in [-0.3, -0.25) is 9.59 Å². The lowest BCUT2D eigenvalue weighted by molar-refractivity contribution is -0.121. The number of benzene rings is 1. The van der Waals surface area contributed by atoms with Crippen LogP contribution in [0.3, 0.4) is 0 Å². The highest BCUT2D eigenvalue weighted by Crippen LogP contribution is 2.13. The molecule has 0 saturated carbocycles. The molecule has 18 heavy (non-hydrogen) atoms. The summed E-state index contributed by atoms with van der Waals surface area (Å²) in [6.45, 7) is 4.29. The van der Waals surface area contributed by atoms with Crippen molar-refractivity contribution in [2.45, 2.75) is 13.8 Å². The minimum atomic E-state index is -0.190. The first-order valence-electron chi connectivity index (χ1n) is 5.84. The number of likely N-dealkylation sites (N-methyl/N-ethyl adjacent to an activating group) is 2. The van der Waals surface area contributed by atoms with E-state index in [0.29, 0.717) is 17.8 Å². The molecule has 1 aromatic rings. The van der Waals surface area contributed by atoms with Gasteiger partial charge in [-0.15, -0.1) is 0 Å². The van der Waals surface area contributed by atoms with E-state index in [4.69, 9.17) is 5.73 Å². The normalized spacial score (nSPS) is 9.94. The number of rotatable bonds is 4. The van der Waals surface area contributed by atoms with Crippen molar-refractivity contribution in [3.05, 3.63) is 29.3 Å². The highest BCUT2D eigenvalue weighted by Gasteiger charge is 2.14. The number of anilines is 1. The first-order chi connectivity index (χ1) is 8.45. The molecule has 0 aromatic heterocycles. The number of nitrogens with zero attached hydrogens (tertiary/aromatic N) is 1. The van der Waals surface area contributed by atoms with Gasteiger partial charge in [0.05, 0.1) is 6.54 Å². The number of aryl methyl sites for hydroxylation is 1. The van der Waals surface area contributed by atoms with E-state index in [1.807, 2.05) is 13.8 Å². The number of nitrogen functional groups attached to an aromatic ring is 1. The van der Waals surface area contributed by atoms with Gasteiger partial charge in [-0.2, -0.15) is 0 Å². The molecule has 0 aliphatic rings. The van der Waals surface area contributed by atoms with Gasteiger partial charge in [-0.1, -0.05) is 0 Å². The smallest absolute Gasteiger partial charge is 0.254 e. The Morgan fingerprint density at radius 3 is 2.61 bits per heavy atom. The fraction of sp³-hybridized carbons (Fsp3) is 0.385. The van der Waals surface area contributed by atoms with Crippen LogP contribution in [0.4, 0.5) is 5.69 Å². The Hall–Kier alpha value is -2.04. The summed E-state index contributed by atoms with van der Waals surface area (Å²) in [5, 5.41) is 2.65. The zero-order chi connectivity index (χ0) is 13.7. The molecule has 1 aromatic carbocycles. The summed E-state index contributed by atoms with van der Waals surface area (Å²) in [5.74, 6) is -0.357. The number of nitrogens with one attached hydrogen (secondary N) is 1. The Balaban J connectivity index is 2.74. The van der Waals surface area contributed by atoms with Gasteiger partial charge in [0.15, 0.2) is 0 Å². The molecule has 0 atom stereocenters. The van der Waals surface area contributed by atoms with E-state index >= 15 is 0 Å². The molecule has 0 radical (unpaired) electrons. The van der Waals surface area contributed by atoms with E-state index in [-0.39, 0.29) is 18.4 Å². The number of hydrogen-bond acceptors (Lipinski definition) is 3. The molecular formula is C13H19N3O2. The van der Waals surface area contributed by atoms with Crippen molar-refractivity contribution in [3.63, 3.8) is 0 Å². The lowest BCUT2D eigenvalue weighted by atomic mass is 10.1. The van der Waals surface area contributed by atoms with E-state index in [0.717, 1.165) is 5.56 Å². The molecule has 0 heterocycles. The van der Waals surface area contributed by atoms with E-state index in [1.165, 1.54) is 4.90 Å².